The third kappa shape index (κ3) is 1.30. The maximum absolute atomic E-state index is 10.9. The number of hydrogen-bond acceptors (Lipinski definition) is 1. The first kappa shape index (κ1) is 8.54. The lowest BCUT2D eigenvalue weighted by atomic mass is 9.82. The van der Waals surface area contributed by atoms with Crippen LogP contribution in [-0.2, 0) is 4.79 Å². The first-order valence-corrected chi connectivity index (χ1v) is 4.84. The van der Waals surface area contributed by atoms with Crippen LogP contribution in [0, 0.1) is 11.8 Å². The number of carbonyl (C=O) groups is 1. The SMILES string of the molecule is CC1C=CC(C(=O)O)=C2CCCC21. The van der Waals surface area contributed by atoms with E-state index < -0.39 is 5.97 Å². The van der Waals surface area contributed by atoms with Gasteiger partial charge in [0.2, 0.25) is 0 Å². The van der Waals surface area contributed by atoms with Crippen LogP contribution >= 0.6 is 0 Å². The van der Waals surface area contributed by atoms with Crippen LogP contribution in [0.2, 0.25) is 0 Å². The Hall–Kier alpha value is -1.05. The topological polar surface area (TPSA) is 37.3 Å². The zero-order valence-electron chi connectivity index (χ0n) is 7.79. The summed E-state index contributed by atoms with van der Waals surface area (Å²) in [6.45, 7) is 2.17. The van der Waals surface area contributed by atoms with Crippen LogP contribution in [0.1, 0.15) is 26.2 Å². The van der Waals surface area contributed by atoms with Gasteiger partial charge in [-0.1, -0.05) is 24.6 Å². The molecule has 13 heavy (non-hydrogen) atoms. The maximum Gasteiger partial charge on any atom is 0.335 e. The van der Waals surface area contributed by atoms with Gasteiger partial charge in [0.1, 0.15) is 0 Å². The third-order valence-electron chi connectivity index (χ3n) is 3.19. The van der Waals surface area contributed by atoms with Gasteiger partial charge in [-0.2, -0.15) is 0 Å². The molecule has 1 N–H and O–H groups in total. The third-order valence-corrected chi connectivity index (χ3v) is 3.19. The van der Waals surface area contributed by atoms with Crippen molar-refractivity contribution >= 4 is 5.97 Å². The van der Waals surface area contributed by atoms with Gasteiger partial charge in [0.15, 0.2) is 0 Å². The molecule has 2 aliphatic rings. The average molecular weight is 178 g/mol. The molecule has 0 aromatic heterocycles. The molecule has 2 heteroatoms. The van der Waals surface area contributed by atoms with E-state index in [4.69, 9.17) is 5.11 Å². The second-order valence-corrected chi connectivity index (χ2v) is 3.96. The molecule has 2 nitrogen and oxygen atoms in total. The molecular weight excluding hydrogens is 164 g/mol. The molecule has 0 heterocycles. The van der Waals surface area contributed by atoms with Crippen molar-refractivity contribution in [2.45, 2.75) is 26.2 Å². The van der Waals surface area contributed by atoms with E-state index in [0.717, 1.165) is 19.3 Å². The Kier molecular flexibility index (Phi) is 1.98. The first-order chi connectivity index (χ1) is 6.20. The summed E-state index contributed by atoms with van der Waals surface area (Å²) in [7, 11) is 0. The quantitative estimate of drug-likeness (QED) is 0.669. The second-order valence-electron chi connectivity index (χ2n) is 3.96. The van der Waals surface area contributed by atoms with Crippen LogP contribution in [0.4, 0.5) is 0 Å². The lowest BCUT2D eigenvalue weighted by molar-refractivity contribution is -0.132. The Morgan fingerprint density at radius 2 is 2.38 bits per heavy atom. The van der Waals surface area contributed by atoms with Gasteiger partial charge in [0, 0.05) is 0 Å². The number of hydrogen-bond donors (Lipinski definition) is 1. The summed E-state index contributed by atoms with van der Waals surface area (Å²) in [5.41, 5.74) is 1.74. The normalized spacial score (nSPS) is 32.1. The molecule has 2 unspecified atom stereocenters. The molecule has 0 aliphatic heterocycles. The summed E-state index contributed by atoms with van der Waals surface area (Å²) in [6.07, 6.45) is 7.12. The molecule has 2 atom stereocenters. The molecule has 1 fully saturated rings. The summed E-state index contributed by atoms with van der Waals surface area (Å²) < 4.78 is 0. The average Bonchev–Trinajstić information content (AvgIpc) is 2.53. The smallest absolute Gasteiger partial charge is 0.335 e. The molecule has 0 spiro atoms. The Morgan fingerprint density at radius 1 is 1.62 bits per heavy atom. The van der Waals surface area contributed by atoms with Gasteiger partial charge in [-0.25, -0.2) is 4.79 Å². The molecule has 0 saturated heterocycles. The van der Waals surface area contributed by atoms with Crippen LogP contribution in [0.15, 0.2) is 23.3 Å². The van der Waals surface area contributed by atoms with E-state index >= 15 is 0 Å². The Balaban J connectivity index is 2.39. The highest BCUT2D eigenvalue weighted by Crippen LogP contribution is 2.41. The second kappa shape index (κ2) is 3.02. The minimum atomic E-state index is -0.759. The number of allylic oxidation sites excluding steroid dienone is 2. The zero-order chi connectivity index (χ0) is 9.42. The predicted molar refractivity (Wildman–Crippen MR) is 50.3 cm³/mol. The fraction of sp³-hybridized carbons (Fsp3) is 0.545. The van der Waals surface area contributed by atoms with E-state index in [1.807, 2.05) is 6.08 Å². The van der Waals surface area contributed by atoms with Crippen LogP contribution < -0.4 is 0 Å². The van der Waals surface area contributed by atoms with Gasteiger partial charge in [0.05, 0.1) is 5.57 Å². The number of carboxylic acids is 1. The zero-order valence-corrected chi connectivity index (χ0v) is 7.79. The monoisotopic (exact) mass is 178 g/mol. The molecule has 0 radical (unpaired) electrons. The summed E-state index contributed by atoms with van der Waals surface area (Å²) in [5, 5.41) is 8.96. The van der Waals surface area contributed by atoms with Crippen LogP contribution in [0.5, 0.6) is 0 Å². The maximum atomic E-state index is 10.9. The fourth-order valence-corrected chi connectivity index (χ4v) is 2.48. The van der Waals surface area contributed by atoms with Crippen LogP contribution in [0.25, 0.3) is 0 Å². The molecule has 70 valence electrons. The Labute approximate surface area is 78.0 Å². The van der Waals surface area contributed by atoms with Crippen molar-refractivity contribution in [3.8, 4) is 0 Å². The molecular formula is C11H14O2. The summed E-state index contributed by atoms with van der Waals surface area (Å²) in [5.74, 6) is 0.279. The van der Waals surface area contributed by atoms with Crippen LogP contribution in [-0.4, -0.2) is 11.1 Å². The van der Waals surface area contributed by atoms with Crippen molar-refractivity contribution in [1.29, 1.82) is 0 Å². The number of fused-ring (bicyclic) bond motifs is 1. The van der Waals surface area contributed by atoms with Crippen molar-refractivity contribution in [2.75, 3.05) is 0 Å². The van der Waals surface area contributed by atoms with Crippen molar-refractivity contribution in [3.05, 3.63) is 23.3 Å². The van der Waals surface area contributed by atoms with Crippen molar-refractivity contribution in [3.63, 3.8) is 0 Å². The van der Waals surface area contributed by atoms with E-state index in [-0.39, 0.29) is 0 Å². The molecule has 2 rings (SSSR count). The number of carboxylic acid groups (broad SMARTS) is 1. The highest BCUT2D eigenvalue weighted by Gasteiger charge is 2.31. The van der Waals surface area contributed by atoms with Gasteiger partial charge in [0.25, 0.3) is 0 Å². The molecule has 2 aliphatic carbocycles. The van der Waals surface area contributed by atoms with Crippen molar-refractivity contribution in [2.24, 2.45) is 11.8 Å². The predicted octanol–water partition coefficient (Wildman–Crippen LogP) is 2.37. The highest BCUT2D eigenvalue weighted by molar-refractivity contribution is 5.91. The lowest BCUT2D eigenvalue weighted by Crippen LogP contribution is -2.16. The highest BCUT2D eigenvalue weighted by atomic mass is 16.4. The van der Waals surface area contributed by atoms with E-state index in [1.54, 1.807) is 6.08 Å². The van der Waals surface area contributed by atoms with Gasteiger partial charge in [-0.15, -0.1) is 0 Å². The van der Waals surface area contributed by atoms with Gasteiger partial charge >= 0.3 is 5.97 Å². The van der Waals surface area contributed by atoms with E-state index in [1.165, 1.54) is 5.57 Å². The minimum absolute atomic E-state index is 0.510. The Morgan fingerprint density at radius 3 is 3.08 bits per heavy atom. The van der Waals surface area contributed by atoms with Gasteiger partial charge in [-0.3, -0.25) is 0 Å². The lowest BCUT2D eigenvalue weighted by Gasteiger charge is -2.22. The van der Waals surface area contributed by atoms with Gasteiger partial charge < -0.3 is 5.11 Å². The van der Waals surface area contributed by atoms with E-state index in [2.05, 4.69) is 6.92 Å². The largest absolute Gasteiger partial charge is 0.478 e. The summed E-state index contributed by atoms with van der Waals surface area (Å²) in [6, 6.07) is 0. The van der Waals surface area contributed by atoms with E-state index in [9.17, 15) is 4.79 Å². The molecule has 0 amide bonds. The fourth-order valence-electron chi connectivity index (χ4n) is 2.48. The minimum Gasteiger partial charge on any atom is -0.478 e. The molecule has 0 aromatic rings. The molecule has 1 saturated carbocycles. The number of aliphatic carboxylic acids is 1. The van der Waals surface area contributed by atoms with E-state index in [0.29, 0.717) is 17.4 Å². The van der Waals surface area contributed by atoms with Crippen molar-refractivity contribution in [1.82, 2.24) is 0 Å². The first-order valence-electron chi connectivity index (χ1n) is 4.84. The number of rotatable bonds is 1. The molecule has 0 bridgehead atoms. The Bertz CT molecular complexity index is 299. The summed E-state index contributed by atoms with van der Waals surface area (Å²) >= 11 is 0. The standard InChI is InChI=1S/C11H14O2/c1-7-5-6-10(11(12)13)9-4-2-3-8(7)9/h5-8H,2-4H2,1H3,(H,12,13). The van der Waals surface area contributed by atoms with Gasteiger partial charge in [-0.05, 0) is 31.1 Å². The molecule has 0 aromatic carbocycles. The van der Waals surface area contributed by atoms with Crippen LogP contribution in [0.3, 0.4) is 0 Å². The van der Waals surface area contributed by atoms with Crippen molar-refractivity contribution < 1.29 is 9.90 Å². The summed E-state index contributed by atoms with van der Waals surface area (Å²) in [4.78, 5) is 10.9.